The van der Waals surface area contributed by atoms with Crippen molar-refractivity contribution in [3.63, 3.8) is 0 Å². The van der Waals surface area contributed by atoms with Gasteiger partial charge in [-0.25, -0.2) is 9.59 Å². The van der Waals surface area contributed by atoms with E-state index in [9.17, 15) is 39.9 Å². The number of hydrogen-bond donors (Lipinski definition) is 6. The van der Waals surface area contributed by atoms with Crippen molar-refractivity contribution in [2.75, 3.05) is 7.11 Å². The zero-order chi connectivity index (χ0) is 47.2. The average Bonchev–Trinajstić information content (AvgIpc) is 3.45. The minimum Gasteiger partial charge on any atom is -0.511 e. The molecule has 14 atom stereocenters. The molecule has 1 aromatic rings. The van der Waals surface area contributed by atoms with Gasteiger partial charge >= 0.3 is 11.9 Å². The van der Waals surface area contributed by atoms with Crippen LogP contribution in [0.3, 0.4) is 0 Å². The Kier molecular flexibility index (Phi) is 12.2. The summed E-state index contributed by atoms with van der Waals surface area (Å²) in [5.74, 6) is -5.72. The number of ether oxygens (including phenoxy) is 4. The molecule has 2 aliphatic heterocycles. The second kappa shape index (κ2) is 16.6. The zero-order valence-corrected chi connectivity index (χ0v) is 38.8. The third kappa shape index (κ3) is 7.42. The zero-order valence-electron chi connectivity index (χ0n) is 38.8. The Morgan fingerprint density at radius 1 is 0.984 bits per heavy atom. The molecule has 1 spiro atoms. The van der Waals surface area contributed by atoms with E-state index in [-0.39, 0.29) is 46.8 Å². The molecule has 6 N–H and O–H groups in total. The molecule has 4 aliphatic carbocycles. The predicted octanol–water partition coefficient (Wildman–Crippen LogP) is 6.71. The number of aromatic hydroxyl groups is 1. The number of phenols is 1. The lowest BCUT2D eigenvalue weighted by molar-refractivity contribution is -0.315. The Balaban J connectivity index is 1.25. The maximum absolute atomic E-state index is 15.2. The van der Waals surface area contributed by atoms with E-state index < -0.39 is 93.7 Å². The molecule has 2 bridgehead atoms. The van der Waals surface area contributed by atoms with Gasteiger partial charge in [0.1, 0.15) is 34.5 Å². The van der Waals surface area contributed by atoms with Gasteiger partial charge in [-0.2, -0.15) is 0 Å². The van der Waals surface area contributed by atoms with Crippen LogP contribution in [-0.2, 0) is 28.6 Å². The molecule has 1 amide bonds. The van der Waals surface area contributed by atoms with Crippen molar-refractivity contribution in [1.82, 2.24) is 5.32 Å². The number of aryl methyl sites for hydroxylation is 1. The van der Waals surface area contributed by atoms with Crippen LogP contribution >= 0.6 is 0 Å². The first-order chi connectivity index (χ1) is 29.8. The number of rotatable bonds is 6. The van der Waals surface area contributed by atoms with Crippen LogP contribution in [0, 0.1) is 47.3 Å². The third-order valence-electron chi connectivity index (χ3n) is 15.7. The van der Waals surface area contributed by atoms with Crippen LogP contribution in [0.1, 0.15) is 110 Å². The Morgan fingerprint density at radius 3 is 2.31 bits per heavy atom. The van der Waals surface area contributed by atoms with Gasteiger partial charge in [0, 0.05) is 23.5 Å². The molecule has 0 aromatic heterocycles. The van der Waals surface area contributed by atoms with E-state index in [4.69, 9.17) is 18.9 Å². The SMILES string of the molecule is COc1cc(C)c(C(=O)NC2C(C)OC(OC3CC(C)=CC4C3CC(C)C3/C(C)=C\CC/C(C)=C\C5(C)C=C(C(=O)O)C(C)CC56OC(=O)C(=C(O)C43C)C6=O)C(O)C2(C)O)c(O)c1. The summed E-state index contributed by atoms with van der Waals surface area (Å²) in [5.41, 5.74) is -3.46. The van der Waals surface area contributed by atoms with Crippen molar-refractivity contribution in [3.05, 3.63) is 81.2 Å². The maximum atomic E-state index is 15.2. The van der Waals surface area contributed by atoms with Crippen molar-refractivity contribution in [2.45, 2.75) is 143 Å². The quantitative estimate of drug-likeness (QED) is 0.0995. The van der Waals surface area contributed by atoms with Gasteiger partial charge < -0.3 is 49.8 Å². The summed E-state index contributed by atoms with van der Waals surface area (Å²) in [6.07, 6.45) is 5.30. The topological polar surface area (TPSA) is 218 Å². The first-order valence-corrected chi connectivity index (χ1v) is 22.4. The number of benzene rings is 1. The highest BCUT2D eigenvalue weighted by Gasteiger charge is 2.67. The number of aliphatic hydroxyl groups excluding tert-OH is 2. The average molecular weight is 888 g/mol. The standard InChI is InChI=1S/C50H65NO13/c1-23-13-12-14-25(3)38-27(5)18-31-33(48(38,9)40(53)37-41(54)50(64-45(37)59)21-28(6)32(44(57)58)22-47(50,8)20-23)15-24(2)16-35(31)63-46-42(55)49(10,60)39(29(7)62-46)51-43(56)36-26(4)17-30(61-11)19-34(36)52/h14-15,17,19-20,22,27-29,31,33,35,38-39,42,46,52-53,55,60H,12-13,16,18,21H2,1-11H3,(H,51,56)(H,57,58)/b23-20-,25-14-,40-37?. The van der Waals surface area contributed by atoms with E-state index in [1.54, 1.807) is 39.8 Å². The summed E-state index contributed by atoms with van der Waals surface area (Å²) in [7, 11) is 1.44. The first-order valence-electron chi connectivity index (χ1n) is 22.4. The minimum atomic E-state index is -1.97. The van der Waals surface area contributed by atoms with Crippen LogP contribution in [0.4, 0.5) is 0 Å². The highest BCUT2D eigenvalue weighted by atomic mass is 16.7. The lowest BCUT2D eigenvalue weighted by Gasteiger charge is -2.57. The first kappa shape index (κ1) is 47.2. The molecule has 348 valence electrons. The number of carbonyl (C=O) groups is 4. The van der Waals surface area contributed by atoms with Crippen LogP contribution in [0.5, 0.6) is 11.5 Å². The molecule has 14 nitrogen and oxygen atoms in total. The largest absolute Gasteiger partial charge is 0.511 e. The Morgan fingerprint density at radius 2 is 1.67 bits per heavy atom. The number of Topliss-reactive ketones (excluding diaryl/α,β-unsaturated/α-hetero) is 1. The Hall–Kier alpha value is -4.76. The van der Waals surface area contributed by atoms with E-state index in [2.05, 4.69) is 24.4 Å². The molecule has 1 saturated carbocycles. The molecule has 2 heterocycles. The molecule has 64 heavy (non-hydrogen) atoms. The van der Waals surface area contributed by atoms with Gasteiger partial charge in [0.25, 0.3) is 5.91 Å². The van der Waals surface area contributed by atoms with Gasteiger partial charge in [-0.05, 0) is 115 Å². The van der Waals surface area contributed by atoms with Gasteiger partial charge in [-0.3, -0.25) is 9.59 Å². The minimum absolute atomic E-state index is 0.0167. The monoisotopic (exact) mass is 887 g/mol. The normalized spacial score (nSPS) is 41.7. The van der Waals surface area contributed by atoms with E-state index in [0.29, 0.717) is 37.0 Å². The second-order valence-electron chi connectivity index (χ2n) is 20.3. The molecule has 0 radical (unpaired) electrons. The summed E-state index contributed by atoms with van der Waals surface area (Å²) in [5, 5.41) is 60.3. The van der Waals surface area contributed by atoms with E-state index in [0.717, 1.165) is 16.7 Å². The fourth-order valence-electron chi connectivity index (χ4n) is 12.6. The van der Waals surface area contributed by atoms with Gasteiger partial charge in [0.05, 0.1) is 36.3 Å². The summed E-state index contributed by atoms with van der Waals surface area (Å²) in [4.78, 5) is 55.6. The number of amides is 1. The number of carboxylic acids is 1. The number of allylic oxidation sites excluding steroid dienone is 5. The van der Waals surface area contributed by atoms with Crippen molar-refractivity contribution >= 4 is 23.6 Å². The number of carbonyl (C=O) groups excluding carboxylic acids is 3. The molecule has 14 unspecified atom stereocenters. The van der Waals surface area contributed by atoms with Crippen molar-refractivity contribution in [3.8, 4) is 11.5 Å². The van der Waals surface area contributed by atoms with Gasteiger partial charge in [-0.15, -0.1) is 0 Å². The molecule has 7 rings (SSSR count). The van der Waals surface area contributed by atoms with Crippen LogP contribution in [0.25, 0.3) is 0 Å². The highest BCUT2D eigenvalue weighted by molar-refractivity contribution is 6.26. The Labute approximate surface area is 375 Å². The second-order valence-corrected chi connectivity index (χ2v) is 20.3. The summed E-state index contributed by atoms with van der Waals surface area (Å²) in [6, 6.07) is 1.78. The number of phenolic OH excluding ortho intramolecular Hbond substituents is 1. The number of aliphatic hydroxyl groups is 3. The number of nitrogens with one attached hydrogen (secondary N) is 1. The molecule has 1 aromatic carbocycles. The number of methoxy groups -OCH3 is 1. The molecule has 2 saturated heterocycles. The molecule has 14 heteroatoms. The summed E-state index contributed by atoms with van der Waals surface area (Å²) >= 11 is 0. The molecular weight excluding hydrogens is 823 g/mol. The number of aliphatic carboxylic acids is 1. The lowest BCUT2D eigenvalue weighted by Crippen LogP contribution is -2.70. The smallest absolute Gasteiger partial charge is 0.346 e. The fraction of sp³-hybridized carbons (Fsp3) is 0.600. The number of carboxylic acid groups (broad SMARTS) is 1. The maximum Gasteiger partial charge on any atom is 0.346 e. The number of hydrogen-bond acceptors (Lipinski definition) is 12. The van der Waals surface area contributed by atoms with Crippen LogP contribution < -0.4 is 10.1 Å². The van der Waals surface area contributed by atoms with Crippen LogP contribution in [0.15, 0.2) is 70.1 Å². The summed E-state index contributed by atoms with van der Waals surface area (Å²) < 4.78 is 24.5. The number of esters is 1. The predicted molar refractivity (Wildman–Crippen MR) is 235 cm³/mol. The van der Waals surface area contributed by atoms with E-state index >= 15 is 4.79 Å². The van der Waals surface area contributed by atoms with Crippen molar-refractivity contribution < 1.29 is 63.7 Å². The summed E-state index contributed by atoms with van der Waals surface area (Å²) in [6.45, 7) is 18.0. The highest BCUT2D eigenvalue weighted by Crippen LogP contribution is 2.62. The Bertz CT molecular complexity index is 2280. The van der Waals surface area contributed by atoms with E-state index in [1.165, 1.54) is 20.1 Å². The van der Waals surface area contributed by atoms with Gasteiger partial charge in [0.15, 0.2) is 11.9 Å². The fourth-order valence-corrected chi connectivity index (χ4v) is 12.6. The van der Waals surface area contributed by atoms with Crippen molar-refractivity contribution in [2.24, 2.45) is 40.4 Å². The molecular formula is C50H65NO13. The number of fused-ring (bicyclic) bond motifs is 4. The number of ketones is 1. The van der Waals surface area contributed by atoms with Gasteiger partial charge in [0.2, 0.25) is 5.78 Å². The molecule has 6 aliphatic rings. The third-order valence-corrected chi connectivity index (χ3v) is 15.7. The van der Waals surface area contributed by atoms with E-state index in [1.807, 2.05) is 33.8 Å². The molecule has 3 fully saturated rings. The van der Waals surface area contributed by atoms with Crippen LogP contribution in [-0.4, -0.2) is 98.1 Å². The van der Waals surface area contributed by atoms with Crippen molar-refractivity contribution in [1.29, 1.82) is 0 Å². The lowest BCUT2D eigenvalue weighted by atomic mass is 9.48. The van der Waals surface area contributed by atoms with Crippen LogP contribution in [0.2, 0.25) is 0 Å². The van der Waals surface area contributed by atoms with Gasteiger partial charge in [-0.1, -0.05) is 61.8 Å².